The molecular formula is C13H24N4O2S. The summed E-state index contributed by atoms with van der Waals surface area (Å²) < 4.78 is 1.41. The molecular weight excluding hydrogens is 276 g/mol. The van der Waals surface area contributed by atoms with Crippen LogP contribution in [0.3, 0.4) is 0 Å². The lowest BCUT2D eigenvalue weighted by Gasteiger charge is -2.26. The predicted molar refractivity (Wildman–Crippen MR) is 80.8 cm³/mol. The Morgan fingerprint density at radius 2 is 1.85 bits per heavy atom. The number of nitrogens with one attached hydrogen (secondary N) is 1. The van der Waals surface area contributed by atoms with Gasteiger partial charge in [0.1, 0.15) is 0 Å². The van der Waals surface area contributed by atoms with E-state index in [9.17, 15) is 9.59 Å². The van der Waals surface area contributed by atoms with Gasteiger partial charge in [0, 0.05) is 20.1 Å². The summed E-state index contributed by atoms with van der Waals surface area (Å²) in [6.45, 7) is 9.93. The summed E-state index contributed by atoms with van der Waals surface area (Å²) in [6.07, 6.45) is 0. The molecule has 0 fully saturated rings. The molecule has 20 heavy (non-hydrogen) atoms. The van der Waals surface area contributed by atoms with Crippen LogP contribution in [0.5, 0.6) is 0 Å². The van der Waals surface area contributed by atoms with Crippen molar-refractivity contribution in [3.63, 3.8) is 0 Å². The van der Waals surface area contributed by atoms with Crippen molar-refractivity contribution >= 4 is 17.7 Å². The van der Waals surface area contributed by atoms with Gasteiger partial charge in [-0.25, -0.2) is 9.89 Å². The molecule has 0 atom stereocenters. The van der Waals surface area contributed by atoms with Crippen molar-refractivity contribution in [2.45, 2.75) is 32.9 Å². The second-order valence-electron chi connectivity index (χ2n) is 5.75. The number of hydrogen-bond donors (Lipinski definition) is 1. The predicted octanol–water partition coefficient (Wildman–Crippen LogP) is 1.34. The van der Waals surface area contributed by atoms with Gasteiger partial charge in [-0.15, -0.1) is 5.10 Å². The van der Waals surface area contributed by atoms with E-state index in [1.54, 1.807) is 7.05 Å². The molecule has 0 spiro atoms. The van der Waals surface area contributed by atoms with Crippen LogP contribution in [0.15, 0.2) is 9.95 Å². The van der Waals surface area contributed by atoms with Crippen molar-refractivity contribution in [1.82, 2.24) is 19.7 Å². The summed E-state index contributed by atoms with van der Waals surface area (Å²) in [5, 5.41) is 6.79. The number of aromatic nitrogens is 3. The first-order valence-electron chi connectivity index (χ1n) is 6.83. The summed E-state index contributed by atoms with van der Waals surface area (Å²) in [5.41, 5.74) is -0.263. The summed E-state index contributed by atoms with van der Waals surface area (Å²) in [7, 11) is 1.64. The van der Waals surface area contributed by atoms with Crippen molar-refractivity contribution in [3.05, 3.63) is 10.5 Å². The van der Waals surface area contributed by atoms with E-state index in [1.807, 2.05) is 4.90 Å². The van der Waals surface area contributed by atoms with Crippen molar-refractivity contribution in [2.75, 3.05) is 18.8 Å². The maximum atomic E-state index is 12.3. The Hall–Kier alpha value is -1.24. The number of nitrogens with zero attached hydrogens (tertiary/aromatic N) is 3. The lowest BCUT2D eigenvalue weighted by atomic mass is 10.1. The van der Waals surface area contributed by atoms with E-state index in [2.05, 4.69) is 37.9 Å². The standard InChI is InChI=1S/C13H24N4O2S/c1-9(2)6-17(7-10(3)4)11(18)8-20-13-15-14-12(19)16(13)5/h9-10H,6-8H2,1-5H3,(H,14,19). The lowest BCUT2D eigenvalue weighted by Crippen LogP contribution is -2.38. The highest BCUT2D eigenvalue weighted by atomic mass is 32.2. The van der Waals surface area contributed by atoms with Gasteiger partial charge in [0.15, 0.2) is 5.16 Å². The Labute approximate surface area is 123 Å². The maximum Gasteiger partial charge on any atom is 0.343 e. The van der Waals surface area contributed by atoms with Gasteiger partial charge in [-0.2, -0.15) is 0 Å². The number of carbonyl (C=O) groups excluding carboxylic acids is 1. The second kappa shape index (κ2) is 7.52. The van der Waals surface area contributed by atoms with Crippen molar-refractivity contribution in [2.24, 2.45) is 18.9 Å². The van der Waals surface area contributed by atoms with Crippen LogP contribution >= 0.6 is 11.8 Å². The van der Waals surface area contributed by atoms with E-state index in [0.29, 0.717) is 22.7 Å². The Balaban J connectivity index is 2.61. The van der Waals surface area contributed by atoms with Crippen LogP contribution in [0.4, 0.5) is 0 Å². The largest absolute Gasteiger partial charge is 0.343 e. The SMILES string of the molecule is CC(C)CN(CC(C)C)C(=O)CSc1n[nH]c(=O)n1C. The molecule has 1 N–H and O–H groups in total. The van der Waals surface area contributed by atoms with Crippen molar-refractivity contribution < 1.29 is 4.79 Å². The first kappa shape index (κ1) is 16.8. The highest BCUT2D eigenvalue weighted by molar-refractivity contribution is 7.99. The van der Waals surface area contributed by atoms with Crippen LogP contribution in [0.2, 0.25) is 0 Å². The molecule has 0 radical (unpaired) electrons. The summed E-state index contributed by atoms with van der Waals surface area (Å²) in [5.74, 6) is 1.28. The molecule has 1 rings (SSSR count). The zero-order valence-electron chi connectivity index (χ0n) is 12.8. The van der Waals surface area contributed by atoms with Gasteiger partial charge in [-0.3, -0.25) is 9.36 Å². The molecule has 1 heterocycles. The minimum absolute atomic E-state index is 0.0906. The summed E-state index contributed by atoms with van der Waals surface area (Å²) in [4.78, 5) is 25.4. The van der Waals surface area contributed by atoms with Crippen LogP contribution in [-0.2, 0) is 11.8 Å². The number of amides is 1. The van der Waals surface area contributed by atoms with Gasteiger partial charge in [0.25, 0.3) is 0 Å². The van der Waals surface area contributed by atoms with Gasteiger partial charge >= 0.3 is 5.69 Å². The van der Waals surface area contributed by atoms with Gasteiger partial charge in [-0.1, -0.05) is 39.5 Å². The first-order chi connectivity index (χ1) is 9.31. The molecule has 0 unspecified atom stereocenters. The molecule has 0 aliphatic heterocycles. The Morgan fingerprint density at radius 1 is 1.30 bits per heavy atom. The van der Waals surface area contributed by atoms with Gasteiger partial charge in [-0.05, 0) is 11.8 Å². The quantitative estimate of drug-likeness (QED) is 0.771. The first-order valence-corrected chi connectivity index (χ1v) is 7.81. The molecule has 7 heteroatoms. The third kappa shape index (κ3) is 5.03. The molecule has 1 aromatic rings. The van der Waals surface area contributed by atoms with Gasteiger partial charge in [0.05, 0.1) is 5.75 Å². The fourth-order valence-electron chi connectivity index (χ4n) is 1.84. The fraction of sp³-hybridized carbons (Fsp3) is 0.769. The normalized spacial score (nSPS) is 11.3. The minimum atomic E-state index is -0.263. The molecule has 0 aromatic carbocycles. The molecule has 0 aliphatic rings. The number of aromatic amines is 1. The van der Waals surface area contributed by atoms with Crippen LogP contribution < -0.4 is 5.69 Å². The fourth-order valence-corrected chi connectivity index (χ4v) is 2.66. The lowest BCUT2D eigenvalue weighted by molar-refractivity contribution is -0.129. The Morgan fingerprint density at radius 3 is 2.25 bits per heavy atom. The van der Waals surface area contributed by atoms with E-state index in [0.717, 1.165) is 13.1 Å². The van der Waals surface area contributed by atoms with E-state index >= 15 is 0 Å². The topological polar surface area (TPSA) is 71.0 Å². The molecule has 0 aliphatic carbocycles. The van der Waals surface area contributed by atoms with Crippen LogP contribution in [-0.4, -0.2) is 44.4 Å². The monoisotopic (exact) mass is 300 g/mol. The number of rotatable bonds is 7. The van der Waals surface area contributed by atoms with E-state index < -0.39 is 0 Å². The maximum absolute atomic E-state index is 12.3. The molecule has 6 nitrogen and oxygen atoms in total. The van der Waals surface area contributed by atoms with Crippen molar-refractivity contribution in [3.8, 4) is 0 Å². The third-order valence-corrected chi connectivity index (χ3v) is 3.70. The average Bonchev–Trinajstić information content (AvgIpc) is 2.65. The van der Waals surface area contributed by atoms with E-state index in [4.69, 9.17) is 0 Å². The molecule has 114 valence electrons. The highest BCUT2D eigenvalue weighted by Crippen LogP contribution is 2.14. The Bertz CT molecular complexity index is 483. The molecule has 0 saturated heterocycles. The highest BCUT2D eigenvalue weighted by Gasteiger charge is 2.17. The zero-order valence-corrected chi connectivity index (χ0v) is 13.7. The van der Waals surface area contributed by atoms with Crippen LogP contribution in [0.1, 0.15) is 27.7 Å². The number of hydrogen-bond acceptors (Lipinski definition) is 4. The third-order valence-electron chi connectivity index (χ3n) is 2.69. The summed E-state index contributed by atoms with van der Waals surface area (Å²) in [6, 6.07) is 0. The summed E-state index contributed by atoms with van der Waals surface area (Å²) >= 11 is 1.29. The van der Waals surface area contributed by atoms with E-state index in [1.165, 1.54) is 16.3 Å². The van der Waals surface area contributed by atoms with Gasteiger partial charge in [0.2, 0.25) is 5.91 Å². The number of thioether (sulfide) groups is 1. The minimum Gasteiger partial charge on any atom is -0.341 e. The number of carbonyl (C=O) groups is 1. The van der Waals surface area contributed by atoms with Gasteiger partial charge < -0.3 is 4.90 Å². The number of H-pyrrole nitrogens is 1. The Kier molecular flexibility index (Phi) is 6.32. The average molecular weight is 300 g/mol. The van der Waals surface area contributed by atoms with Crippen LogP contribution in [0.25, 0.3) is 0 Å². The molecule has 1 amide bonds. The van der Waals surface area contributed by atoms with Crippen LogP contribution in [0, 0.1) is 11.8 Å². The smallest absolute Gasteiger partial charge is 0.341 e. The molecule has 1 aromatic heterocycles. The zero-order chi connectivity index (χ0) is 15.3. The van der Waals surface area contributed by atoms with Crippen molar-refractivity contribution in [1.29, 1.82) is 0 Å². The van der Waals surface area contributed by atoms with E-state index in [-0.39, 0.29) is 11.6 Å². The second-order valence-corrected chi connectivity index (χ2v) is 6.69. The molecule has 0 saturated carbocycles. The molecule has 0 bridgehead atoms.